The number of nitro groups is 1. The van der Waals surface area contributed by atoms with Crippen LogP contribution in [0.25, 0.3) is 21.6 Å². The number of non-ortho nitro benzene ring substituents is 1. The van der Waals surface area contributed by atoms with Crippen LogP contribution in [0.3, 0.4) is 0 Å². The van der Waals surface area contributed by atoms with Crippen molar-refractivity contribution in [3.8, 4) is 0 Å². The van der Waals surface area contributed by atoms with Crippen LogP contribution < -0.4 is 5.56 Å². The Morgan fingerprint density at radius 2 is 1.97 bits per heavy atom. The number of aliphatic hydroxyl groups is 1. The van der Waals surface area contributed by atoms with Crippen LogP contribution in [0.2, 0.25) is 0 Å². The molecule has 13 heteroatoms. The van der Waals surface area contributed by atoms with Gasteiger partial charge in [-0.25, -0.2) is 9.31 Å². The molecule has 0 amide bonds. The molecule has 0 bridgehead atoms. The van der Waals surface area contributed by atoms with E-state index in [0.717, 1.165) is 11.3 Å². The number of benzene rings is 2. The molecule has 33 heavy (non-hydrogen) atoms. The van der Waals surface area contributed by atoms with Crippen LogP contribution in [0, 0.1) is 10.1 Å². The van der Waals surface area contributed by atoms with Gasteiger partial charge in [-0.2, -0.15) is 15.2 Å². The molecular formula is C20H14N6O6S. The maximum atomic E-state index is 12.4. The minimum absolute atomic E-state index is 0.0169. The van der Waals surface area contributed by atoms with Crippen LogP contribution in [-0.2, 0) is 9.53 Å². The van der Waals surface area contributed by atoms with Crippen molar-refractivity contribution in [2.75, 3.05) is 6.61 Å². The number of azo groups is 1. The third-order valence-corrected chi connectivity index (χ3v) is 5.26. The maximum Gasteiger partial charge on any atom is 0.362 e. The predicted octanol–water partition coefficient (Wildman–Crippen LogP) is 3.79. The van der Waals surface area contributed by atoms with Crippen LogP contribution in [0.5, 0.6) is 0 Å². The van der Waals surface area contributed by atoms with E-state index in [-0.39, 0.29) is 28.0 Å². The number of aliphatic hydroxyl groups excluding tert-OH is 1. The molecule has 0 saturated heterocycles. The molecular weight excluding hydrogens is 452 g/mol. The number of nitrogens with zero attached hydrogens (tertiary/aromatic N) is 6. The number of nitro benzene ring substituents is 1. The molecule has 2 heterocycles. The molecule has 0 radical (unpaired) electrons. The third-order valence-electron chi connectivity index (χ3n) is 4.34. The van der Waals surface area contributed by atoms with Crippen LogP contribution in [-0.4, -0.2) is 37.2 Å². The molecule has 166 valence electrons. The number of esters is 1. The number of aromatic nitrogens is 3. The van der Waals surface area contributed by atoms with Gasteiger partial charge < -0.3 is 9.84 Å². The summed E-state index contributed by atoms with van der Waals surface area (Å²) in [5, 5.41) is 33.8. The van der Waals surface area contributed by atoms with Gasteiger partial charge in [0, 0.05) is 12.1 Å². The second-order valence-corrected chi connectivity index (χ2v) is 7.38. The highest BCUT2D eigenvalue weighted by atomic mass is 32.1. The molecule has 12 nitrogen and oxygen atoms in total. The summed E-state index contributed by atoms with van der Waals surface area (Å²) < 4.78 is 6.33. The van der Waals surface area contributed by atoms with Crippen LogP contribution >= 0.6 is 11.3 Å². The highest BCUT2D eigenvalue weighted by Crippen LogP contribution is 2.26. The van der Waals surface area contributed by atoms with Crippen molar-refractivity contribution >= 4 is 50.3 Å². The Balaban J connectivity index is 1.80. The molecule has 0 aliphatic carbocycles. The number of hydrogen-bond acceptors (Lipinski definition) is 11. The number of carbonyl (C=O) groups excluding carboxylic acids is 1. The molecule has 0 fully saturated rings. The summed E-state index contributed by atoms with van der Waals surface area (Å²) in [6, 6.07) is 11.8. The highest BCUT2D eigenvalue weighted by molar-refractivity contribution is 7.17. The smallest absolute Gasteiger partial charge is 0.362 e. The minimum atomic E-state index is -0.952. The topological polar surface area (TPSA) is 162 Å². The second-order valence-electron chi connectivity index (χ2n) is 6.43. The van der Waals surface area contributed by atoms with E-state index in [1.54, 1.807) is 31.2 Å². The van der Waals surface area contributed by atoms with Gasteiger partial charge >= 0.3 is 5.97 Å². The van der Waals surface area contributed by atoms with Gasteiger partial charge in [0.1, 0.15) is 0 Å². The van der Waals surface area contributed by atoms with Gasteiger partial charge in [0.15, 0.2) is 10.8 Å². The summed E-state index contributed by atoms with van der Waals surface area (Å²) in [5.41, 5.74) is -0.429. The predicted molar refractivity (Wildman–Crippen MR) is 118 cm³/mol. The standard InChI is InChI=1S/C20H14N6O6S/c1-2-32-19(29)15(23-22-11-7-9-12(10-8-11)26(30)31)16(27)18-24-25-14-6-4-3-5-13(14)17(28)21-20(25)33-18/h3-10,27H,2H2,1H3. The molecule has 0 saturated carbocycles. The van der Waals surface area contributed by atoms with Crippen molar-refractivity contribution in [2.45, 2.75) is 6.92 Å². The molecule has 4 aromatic rings. The Labute approximate surface area is 188 Å². The number of hydrogen-bond donors (Lipinski definition) is 1. The fourth-order valence-electron chi connectivity index (χ4n) is 2.83. The summed E-state index contributed by atoms with van der Waals surface area (Å²) in [4.78, 5) is 39.1. The summed E-state index contributed by atoms with van der Waals surface area (Å²) >= 11 is 0.873. The fourth-order valence-corrected chi connectivity index (χ4v) is 3.67. The summed E-state index contributed by atoms with van der Waals surface area (Å²) in [6.07, 6.45) is 0. The average Bonchev–Trinajstić information content (AvgIpc) is 3.24. The van der Waals surface area contributed by atoms with Gasteiger partial charge in [0.2, 0.25) is 10.7 Å². The number of carbonyl (C=O) groups is 1. The van der Waals surface area contributed by atoms with Crippen molar-refractivity contribution < 1.29 is 19.6 Å². The molecule has 0 atom stereocenters. The highest BCUT2D eigenvalue weighted by Gasteiger charge is 2.22. The molecule has 1 N–H and O–H groups in total. The van der Waals surface area contributed by atoms with E-state index in [9.17, 15) is 24.8 Å². The molecule has 4 rings (SSSR count). The first-order valence-electron chi connectivity index (χ1n) is 9.44. The minimum Gasteiger partial charge on any atom is -0.503 e. The Morgan fingerprint density at radius 1 is 1.24 bits per heavy atom. The monoisotopic (exact) mass is 466 g/mol. The van der Waals surface area contributed by atoms with Crippen LogP contribution in [0.4, 0.5) is 11.4 Å². The number of para-hydroxylation sites is 1. The van der Waals surface area contributed by atoms with Gasteiger partial charge in [0.25, 0.3) is 11.2 Å². The van der Waals surface area contributed by atoms with Crippen LogP contribution in [0.1, 0.15) is 11.9 Å². The van der Waals surface area contributed by atoms with E-state index in [1.165, 1.54) is 28.8 Å². The zero-order chi connectivity index (χ0) is 23.5. The van der Waals surface area contributed by atoms with Crippen LogP contribution in [0.15, 0.2) is 69.3 Å². The molecule has 0 spiro atoms. The quantitative estimate of drug-likeness (QED) is 0.112. The Kier molecular flexibility index (Phi) is 5.87. The normalized spacial score (nSPS) is 12.3. The first-order chi connectivity index (χ1) is 15.9. The molecule has 0 unspecified atom stereocenters. The zero-order valence-corrected chi connectivity index (χ0v) is 17.7. The van der Waals surface area contributed by atoms with Crippen molar-refractivity contribution in [3.05, 3.63) is 79.7 Å². The van der Waals surface area contributed by atoms with E-state index in [1.807, 2.05) is 0 Å². The lowest BCUT2D eigenvalue weighted by molar-refractivity contribution is -0.384. The number of rotatable bonds is 6. The Morgan fingerprint density at radius 3 is 2.67 bits per heavy atom. The Bertz CT molecular complexity index is 1510. The first-order valence-corrected chi connectivity index (χ1v) is 10.3. The number of fused-ring (bicyclic) bond motifs is 3. The molecule has 2 aromatic carbocycles. The molecule has 2 aromatic heterocycles. The van der Waals surface area contributed by atoms with E-state index in [0.29, 0.717) is 10.9 Å². The lowest BCUT2D eigenvalue weighted by atomic mass is 10.2. The van der Waals surface area contributed by atoms with E-state index in [2.05, 4.69) is 20.3 Å². The maximum absolute atomic E-state index is 12.4. The van der Waals surface area contributed by atoms with Gasteiger partial charge in [-0.3, -0.25) is 14.9 Å². The second kappa shape index (κ2) is 8.92. The lowest BCUT2D eigenvalue weighted by Gasteiger charge is -2.03. The Hall–Kier alpha value is -4.52. The summed E-state index contributed by atoms with van der Waals surface area (Å²) in [7, 11) is 0. The van der Waals surface area contributed by atoms with E-state index < -0.39 is 27.9 Å². The molecule has 0 aliphatic heterocycles. The zero-order valence-electron chi connectivity index (χ0n) is 16.9. The van der Waals surface area contributed by atoms with Gasteiger partial charge in [-0.1, -0.05) is 23.5 Å². The van der Waals surface area contributed by atoms with Gasteiger partial charge in [-0.15, -0.1) is 5.11 Å². The fraction of sp³-hybridized carbons (Fsp3) is 0.100. The third kappa shape index (κ3) is 4.29. The number of ether oxygens (including phenoxy) is 1. The van der Waals surface area contributed by atoms with Crippen molar-refractivity contribution in [2.24, 2.45) is 10.2 Å². The van der Waals surface area contributed by atoms with Crippen molar-refractivity contribution in [3.63, 3.8) is 0 Å². The van der Waals surface area contributed by atoms with E-state index >= 15 is 0 Å². The van der Waals surface area contributed by atoms with Crippen molar-refractivity contribution in [1.82, 2.24) is 14.6 Å². The first kappa shape index (κ1) is 21.7. The van der Waals surface area contributed by atoms with E-state index in [4.69, 9.17) is 4.74 Å². The summed E-state index contributed by atoms with van der Waals surface area (Å²) in [6.45, 7) is 1.60. The SMILES string of the molecule is CCOC(=O)C(N=Nc1ccc([N+](=O)[O-])cc1)=C(O)c1nn2c(nc(=O)c3ccccc32)s1. The summed E-state index contributed by atoms with van der Waals surface area (Å²) in [5.74, 6) is -1.57. The average molecular weight is 466 g/mol. The van der Waals surface area contributed by atoms with Crippen molar-refractivity contribution in [1.29, 1.82) is 0 Å². The van der Waals surface area contributed by atoms with Gasteiger partial charge in [0.05, 0.1) is 28.1 Å². The lowest BCUT2D eigenvalue weighted by Crippen LogP contribution is -2.09. The van der Waals surface area contributed by atoms with Gasteiger partial charge in [-0.05, 0) is 31.2 Å². The molecule has 0 aliphatic rings. The largest absolute Gasteiger partial charge is 0.503 e.